The lowest BCUT2D eigenvalue weighted by Crippen LogP contribution is -2.19. The van der Waals surface area contributed by atoms with E-state index in [-0.39, 0.29) is 5.91 Å². The Labute approximate surface area is 233 Å². The zero-order chi connectivity index (χ0) is 28.5. The van der Waals surface area contributed by atoms with Crippen molar-refractivity contribution in [1.82, 2.24) is 0 Å². The SMILES string of the molecule is CC.CC.CCC.CSc1ccc(CSCC(N)=O)cc1.NC(=O)Nc1cccc(-c2ccccc2)c1. The van der Waals surface area contributed by atoms with Crippen molar-refractivity contribution in [3.63, 3.8) is 0 Å². The molecule has 0 spiro atoms. The van der Waals surface area contributed by atoms with Gasteiger partial charge in [0.15, 0.2) is 0 Å². The third-order valence-electron chi connectivity index (χ3n) is 3.91. The zero-order valence-electron chi connectivity index (χ0n) is 23.4. The molecule has 204 valence electrons. The van der Waals surface area contributed by atoms with Crippen LogP contribution in [-0.4, -0.2) is 23.9 Å². The van der Waals surface area contributed by atoms with E-state index in [9.17, 15) is 9.59 Å². The van der Waals surface area contributed by atoms with Gasteiger partial charge in [0.05, 0.1) is 5.75 Å². The molecule has 0 saturated heterocycles. The number of amides is 3. The average molecular weight is 544 g/mol. The van der Waals surface area contributed by atoms with E-state index in [1.165, 1.54) is 16.9 Å². The maximum absolute atomic E-state index is 10.7. The Morgan fingerprint density at radius 3 is 1.81 bits per heavy atom. The summed E-state index contributed by atoms with van der Waals surface area (Å²) in [5, 5.41) is 2.55. The molecule has 0 radical (unpaired) electrons. The van der Waals surface area contributed by atoms with Crippen LogP contribution in [0.4, 0.5) is 10.5 Å². The van der Waals surface area contributed by atoms with Gasteiger partial charge in [-0.1, -0.05) is 103 Å². The summed E-state index contributed by atoms with van der Waals surface area (Å²) in [7, 11) is 0. The van der Waals surface area contributed by atoms with Crippen LogP contribution in [0.3, 0.4) is 0 Å². The number of urea groups is 1. The number of thioether (sulfide) groups is 2. The first-order chi connectivity index (χ1) is 17.9. The van der Waals surface area contributed by atoms with Gasteiger partial charge >= 0.3 is 6.03 Å². The van der Waals surface area contributed by atoms with Crippen molar-refractivity contribution in [2.24, 2.45) is 11.5 Å². The zero-order valence-corrected chi connectivity index (χ0v) is 25.0. The summed E-state index contributed by atoms with van der Waals surface area (Å²) in [6.45, 7) is 12.2. The van der Waals surface area contributed by atoms with E-state index in [0.29, 0.717) is 11.4 Å². The molecule has 7 heteroatoms. The Kier molecular flexibility index (Phi) is 24.3. The maximum Gasteiger partial charge on any atom is 0.316 e. The van der Waals surface area contributed by atoms with Crippen molar-refractivity contribution in [1.29, 1.82) is 0 Å². The predicted octanol–water partition coefficient (Wildman–Crippen LogP) is 8.44. The number of rotatable bonds is 7. The number of anilines is 1. The second kappa shape index (κ2) is 24.8. The molecular formula is C30H45N3O2S2. The van der Waals surface area contributed by atoms with Gasteiger partial charge in [0.25, 0.3) is 0 Å². The van der Waals surface area contributed by atoms with E-state index in [1.807, 2.05) is 76.2 Å². The van der Waals surface area contributed by atoms with Crippen molar-refractivity contribution < 1.29 is 9.59 Å². The van der Waals surface area contributed by atoms with Crippen LogP contribution in [0.2, 0.25) is 0 Å². The number of carbonyl (C=O) groups excluding carboxylic acids is 2. The molecule has 3 aromatic carbocycles. The van der Waals surface area contributed by atoms with Crippen molar-refractivity contribution in [2.45, 2.75) is 58.6 Å². The molecule has 3 amide bonds. The minimum atomic E-state index is -0.551. The van der Waals surface area contributed by atoms with Gasteiger partial charge in [0, 0.05) is 16.3 Å². The highest BCUT2D eigenvalue weighted by Crippen LogP contribution is 2.22. The number of carbonyl (C=O) groups is 2. The molecule has 0 unspecified atom stereocenters. The second-order valence-electron chi connectivity index (χ2n) is 6.95. The summed E-state index contributed by atoms with van der Waals surface area (Å²) in [6, 6.07) is 25.3. The van der Waals surface area contributed by atoms with Crippen LogP contribution in [0.15, 0.2) is 83.8 Å². The summed E-state index contributed by atoms with van der Waals surface area (Å²) in [5.41, 5.74) is 14.2. The van der Waals surface area contributed by atoms with E-state index in [1.54, 1.807) is 29.6 Å². The van der Waals surface area contributed by atoms with E-state index < -0.39 is 6.03 Å². The molecule has 5 nitrogen and oxygen atoms in total. The third-order valence-corrected chi connectivity index (χ3v) is 5.68. The van der Waals surface area contributed by atoms with Gasteiger partial charge in [-0.25, -0.2) is 4.79 Å². The molecule has 0 aliphatic carbocycles. The monoisotopic (exact) mass is 543 g/mol. The molecule has 0 aliphatic rings. The molecule has 0 aromatic heterocycles. The summed E-state index contributed by atoms with van der Waals surface area (Å²) >= 11 is 3.27. The highest BCUT2D eigenvalue weighted by molar-refractivity contribution is 7.99. The number of nitrogens with two attached hydrogens (primary N) is 2. The summed E-state index contributed by atoms with van der Waals surface area (Å²) < 4.78 is 0. The third kappa shape index (κ3) is 19.0. The summed E-state index contributed by atoms with van der Waals surface area (Å²) in [4.78, 5) is 22.5. The first-order valence-electron chi connectivity index (χ1n) is 12.6. The van der Waals surface area contributed by atoms with Gasteiger partial charge in [-0.05, 0) is 47.2 Å². The topological polar surface area (TPSA) is 98.2 Å². The van der Waals surface area contributed by atoms with E-state index in [0.717, 1.165) is 16.9 Å². The van der Waals surface area contributed by atoms with Gasteiger partial charge in [0.1, 0.15) is 0 Å². The lowest BCUT2D eigenvalue weighted by molar-refractivity contribution is -0.115. The Balaban J connectivity index is 0. The second-order valence-corrected chi connectivity index (χ2v) is 8.82. The molecule has 0 heterocycles. The van der Waals surface area contributed by atoms with Gasteiger partial charge in [-0.3, -0.25) is 4.79 Å². The molecule has 0 fully saturated rings. The lowest BCUT2D eigenvalue weighted by Gasteiger charge is -2.05. The predicted molar refractivity (Wildman–Crippen MR) is 167 cm³/mol. The Hall–Kier alpha value is -2.90. The van der Waals surface area contributed by atoms with E-state index in [2.05, 4.69) is 49.7 Å². The largest absolute Gasteiger partial charge is 0.369 e. The normalized spacial score (nSPS) is 8.84. The van der Waals surface area contributed by atoms with Crippen LogP contribution < -0.4 is 16.8 Å². The fraction of sp³-hybridized carbons (Fsp3) is 0.333. The van der Waals surface area contributed by atoms with Crippen molar-refractivity contribution in [3.8, 4) is 11.1 Å². The number of primary amides is 2. The molecule has 0 saturated carbocycles. The summed E-state index contributed by atoms with van der Waals surface area (Å²) in [6.07, 6.45) is 3.30. The number of nitrogens with one attached hydrogen (secondary N) is 1. The highest BCUT2D eigenvalue weighted by atomic mass is 32.2. The maximum atomic E-state index is 10.7. The lowest BCUT2D eigenvalue weighted by atomic mass is 10.1. The smallest absolute Gasteiger partial charge is 0.316 e. The molecule has 0 atom stereocenters. The first-order valence-corrected chi connectivity index (χ1v) is 15.0. The molecule has 3 aromatic rings. The first kappa shape index (κ1) is 36.3. The van der Waals surface area contributed by atoms with Crippen LogP contribution in [0.1, 0.15) is 53.5 Å². The standard InChI is InChI=1S/C13H12N2O.C10H13NOS2.C3H8.2C2H6/c14-13(16)15-12-8-4-7-11(9-12)10-5-2-1-3-6-10;1-13-9-4-2-8(3-5-9)6-14-7-10(11)12;1-3-2;2*1-2/h1-9H,(H3,14,15,16);2-5H,6-7H2,1H3,(H2,11,12);3H2,1-2H3;2*1-2H3. The molecule has 37 heavy (non-hydrogen) atoms. The van der Waals surface area contributed by atoms with Crippen LogP contribution in [0.25, 0.3) is 11.1 Å². The van der Waals surface area contributed by atoms with Crippen LogP contribution >= 0.6 is 23.5 Å². The van der Waals surface area contributed by atoms with E-state index in [4.69, 9.17) is 11.5 Å². The van der Waals surface area contributed by atoms with Crippen molar-refractivity contribution in [2.75, 3.05) is 17.3 Å². The number of benzene rings is 3. The Bertz CT molecular complexity index is 966. The van der Waals surface area contributed by atoms with Gasteiger partial charge in [0.2, 0.25) is 5.91 Å². The molecule has 3 rings (SSSR count). The molecule has 0 bridgehead atoms. The van der Waals surface area contributed by atoms with E-state index >= 15 is 0 Å². The quantitative estimate of drug-likeness (QED) is 0.260. The fourth-order valence-electron chi connectivity index (χ4n) is 2.54. The average Bonchev–Trinajstić information content (AvgIpc) is 2.92. The van der Waals surface area contributed by atoms with Crippen molar-refractivity contribution >= 4 is 41.1 Å². The van der Waals surface area contributed by atoms with Gasteiger partial charge in [-0.2, -0.15) is 0 Å². The number of hydrogen-bond donors (Lipinski definition) is 3. The Morgan fingerprint density at radius 2 is 1.32 bits per heavy atom. The molecule has 0 aliphatic heterocycles. The van der Waals surface area contributed by atoms with Crippen LogP contribution in [-0.2, 0) is 10.5 Å². The Morgan fingerprint density at radius 1 is 0.784 bits per heavy atom. The minimum absolute atomic E-state index is 0.254. The van der Waals surface area contributed by atoms with Crippen LogP contribution in [0, 0.1) is 0 Å². The minimum Gasteiger partial charge on any atom is -0.369 e. The fourth-order valence-corrected chi connectivity index (χ4v) is 3.68. The highest BCUT2D eigenvalue weighted by Gasteiger charge is 2.00. The molecule has 5 N–H and O–H groups in total. The van der Waals surface area contributed by atoms with Crippen molar-refractivity contribution in [3.05, 3.63) is 84.4 Å². The van der Waals surface area contributed by atoms with Gasteiger partial charge in [-0.15, -0.1) is 23.5 Å². The van der Waals surface area contributed by atoms with Gasteiger partial charge < -0.3 is 16.8 Å². The van der Waals surface area contributed by atoms with Crippen LogP contribution in [0.5, 0.6) is 0 Å². The number of hydrogen-bond acceptors (Lipinski definition) is 4. The summed E-state index contributed by atoms with van der Waals surface area (Å²) in [5.74, 6) is 0.984. The molecular weight excluding hydrogens is 498 g/mol.